The van der Waals surface area contributed by atoms with Crippen molar-refractivity contribution < 1.29 is 19.1 Å². The van der Waals surface area contributed by atoms with Crippen LogP contribution < -0.4 is 20.7 Å². The van der Waals surface area contributed by atoms with Crippen molar-refractivity contribution in [3.05, 3.63) is 86.3 Å². The molecule has 11 nitrogen and oxygen atoms in total. The Morgan fingerprint density at radius 1 is 0.960 bits per heavy atom. The van der Waals surface area contributed by atoms with Crippen molar-refractivity contribution in [1.82, 2.24) is 23.6 Å². The number of ether oxygens (including phenoxy) is 2. The van der Waals surface area contributed by atoms with E-state index in [0.29, 0.717) is 60.9 Å². The van der Waals surface area contributed by atoms with Crippen LogP contribution in [0.25, 0.3) is 11.2 Å². The highest BCUT2D eigenvalue weighted by atomic mass is 16.5. The number of rotatable bonds is 13. The summed E-state index contributed by atoms with van der Waals surface area (Å²) in [4.78, 5) is 55.5. The Balaban J connectivity index is 0.000000201. The highest BCUT2D eigenvalue weighted by molar-refractivity contribution is 6.02. The van der Waals surface area contributed by atoms with Crippen LogP contribution in [0.5, 0.6) is 11.5 Å². The van der Waals surface area contributed by atoms with E-state index >= 15 is 0 Å². The van der Waals surface area contributed by atoms with Crippen LogP contribution in [0.15, 0.2) is 58.4 Å². The van der Waals surface area contributed by atoms with Crippen molar-refractivity contribution >= 4 is 22.7 Å². The van der Waals surface area contributed by atoms with Crippen LogP contribution in [-0.4, -0.2) is 62.5 Å². The summed E-state index contributed by atoms with van der Waals surface area (Å²) in [6.07, 6.45) is 8.46. The second kappa shape index (κ2) is 16.9. The number of aromatic nitrogens is 4. The van der Waals surface area contributed by atoms with E-state index in [2.05, 4.69) is 40.2 Å². The lowest BCUT2D eigenvalue weighted by atomic mass is 9.85. The van der Waals surface area contributed by atoms with E-state index in [1.807, 2.05) is 19.1 Å². The minimum absolute atomic E-state index is 0.109. The van der Waals surface area contributed by atoms with Gasteiger partial charge in [0, 0.05) is 44.6 Å². The molecule has 6 rings (SSSR count). The van der Waals surface area contributed by atoms with Crippen LogP contribution in [0.3, 0.4) is 0 Å². The van der Waals surface area contributed by atoms with Crippen molar-refractivity contribution in [1.29, 1.82) is 0 Å². The minimum atomic E-state index is -0.359. The maximum absolute atomic E-state index is 12.9. The van der Waals surface area contributed by atoms with Gasteiger partial charge in [0.25, 0.3) is 5.56 Å². The number of aryl methyl sites for hydroxylation is 2. The molecule has 1 unspecified atom stereocenters. The van der Waals surface area contributed by atoms with E-state index < -0.39 is 0 Å². The molecule has 11 heteroatoms. The molecule has 1 atom stereocenters. The Kier molecular flexibility index (Phi) is 12.5. The van der Waals surface area contributed by atoms with E-state index in [0.717, 1.165) is 50.0 Å². The molecule has 0 amide bonds. The van der Waals surface area contributed by atoms with Crippen molar-refractivity contribution in [2.24, 2.45) is 18.9 Å². The maximum atomic E-state index is 12.9. The van der Waals surface area contributed by atoms with Gasteiger partial charge >= 0.3 is 5.69 Å². The first-order valence-corrected chi connectivity index (χ1v) is 17.8. The van der Waals surface area contributed by atoms with Crippen LogP contribution in [0.4, 0.5) is 0 Å². The van der Waals surface area contributed by atoms with Crippen LogP contribution in [0.1, 0.15) is 80.3 Å². The molecule has 1 aliphatic carbocycles. The Bertz CT molecular complexity index is 1900. The third-order valence-corrected chi connectivity index (χ3v) is 10.0. The Labute approximate surface area is 293 Å². The van der Waals surface area contributed by atoms with Crippen molar-refractivity contribution in [2.75, 3.05) is 27.3 Å². The summed E-state index contributed by atoms with van der Waals surface area (Å²) in [5.74, 6) is 2.50. The molecular weight excluding hydrogens is 634 g/mol. The van der Waals surface area contributed by atoms with Gasteiger partial charge in [0.1, 0.15) is 5.78 Å². The molecule has 4 aromatic rings. The first-order chi connectivity index (χ1) is 24.1. The predicted octanol–water partition coefficient (Wildman–Crippen LogP) is 5.43. The largest absolute Gasteiger partial charge is 0.493 e. The number of unbranched alkanes of at least 4 members (excludes halogenated alkanes) is 1. The number of nitrogens with zero attached hydrogens (tertiary/aromatic N) is 5. The summed E-state index contributed by atoms with van der Waals surface area (Å²) in [7, 11) is 4.88. The van der Waals surface area contributed by atoms with Gasteiger partial charge in [-0.2, -0.15) is 0 Å². The molecule has 1 fully saturated rings. The first-order valence-electron chi connectivity index (χ1n) is 17.8. The van der Waals surface area contributed by atoms with E-state index in [-0.39, 0.29) is 28.7 Å². The standard InChI is InChI=1S/C24H29NO3.C15H22N4O3/c1-27-22-14-19-13-20(24(26)21(19)15-23(22)28-2)12-17-8-10-25(11-9-17)16-18-6-4-3-5-7-18;1-4-8-18-10-16-13-12(18)14(21)19(15(22)17(13)3)9-6-5-7-11(2)20/h3-7,14-15,17,20H,8-13,16H2,1-2H3;10H,4-9H2,1-3H3. The summed E-state index contributed by atoms with van der Waals surface area (Å²) in [6, 6.07) is 14.5. The third-order valence-electron chi connectivity index (χ3n) is 10.0. The van der Waals surface area contributed by atoms with E-state index in [4.69, 9.17) is 9.47 Å². The molecule has 50 heavy (non-hydrogen) atoms. The molecule has 2 aromatic heterocycles. The number of piperidine rings is 1. The molecule has 1 saturated heterocycles. The van der Waals surface area contributed by atoms with Crippen LogP contribution in [0, 0.1) is 11.8 Å². The van der Waals surface area contributed by atoms with Gasteiger partial charge in [0.2, 0.25) is 0 Å². The Morgan fingerprint density at radius 2 is 1.66 bits per heavy atom. The number of carbonyl (C=O) groups is 2. The van der Waals surface area contributed by atoms with E-state index in [1.54, 1.807) is 39.1 Å². The second-order valence-corrected chi connectivity index (χ2v) is 13.6. The Hall–Kier alpha value is -4.51. The number of Topliss-reactive ketones (excluding diaryl/α,β-unsaturated/α-hetero) is 2. The van der Waals surface area contributed by atoms with E-state index in [1.165, 1.54) is 27.5 Å². The molecule has 1 aliphatic heterocycles. The average Bonchev–Trinajstić information content (AvgIpc) is 3.68. The topological polar surface area (TPSA) is 118 Å². The van der Waals surface area contributed by atoms with Gasteiger partial charge in [-0.05, 0) is 94.1 Å². The molecule has 0 N–H and O–H groups in total. The van der Waals surface area contributed by atoms with Crippen molar-refractivity contribution in [3.8, 4) is 11.5 Å². The molecule has 0 saturated carbocycles. The Morgan fingerprint density at radius 3 is 2.32 bits per heavy atom. The van der Waals surface area contributed by atoms with Crippen LogP contribution in [-0.2, 0) is 37.9 Å². The molecule has 2 aromatic carbocycles. The monoisotopic (exact) mass is 685 g/mol. The number of methoxy groups -OCH3 is 2. The number of hydrogen-bond donors (Lipinski definition) is 0. The summed E-state index contributed by atoms with van der Waals surface area (Å²) in [5.41, 5.74) is 3.54. The van der Waals surface area contributed by atoms with Crippen LogP contribution >= 0.6 is 0 Å². The highest BCUT2D eigenvalue weighted by Crippen LogP contribution is 2.39. The summed E-state index contributed by atoms with van der Waals surface area (Å²) in [6.45, 7) is 7.85. The number of imidazole rings is 1. The fourth-order valence-corrected chi connectivity index (χ4v) is 7.29. The molecule has 0 spiro atoms. The first kappa shape index (κ1) is 36.8. The number of benzene rings is 2. The number of likely N-dealkylation sites (tertiary alicyclic amines) is 1. The number of fused-ring (bicyclic) bond motifs is 2. The lowest BCUT2D eigenvalue weighted by molar-refractivity contribution is -0.117. The van der Waals surface area contributed by atoms with E-state index in [9.17, 15) is 19.2 Å². The van der Waals surface area contributed by atoms with Crippen molar-refractivity contribution in [3.63, 3.8) is 0 Å². The average molecular weight is 686 g/mol. The smallest absolute Gasteiger partial charge is 0.332 e. The number of carbonyl (C=O) groups excluding carboxylic acids is 2. The molecule has 0 radical (unpaired) electrons. The lowest BCUT2D eigenvalue weighted by Gasteiger charge is -2.32. The van der Waals surface area contributed by atoms with Crippen molar-refractivity contribution in [2.45, 2.75) is 84.8 Å². The zero-order chi connectivity index (χ0) is 35.8. The third kappa shape index (κ3) is 8.43. The molecule has 2 aliphatic rings. The lowest BCUT2D eigenvalue weighted by Crippen LogP contribution is -2.39. The van der Waals surface area contributed by atoms with Crippen LogP contribution in [0.2, 0.25) is 0 Å². The fraction of sp³-hybridized carbons (Fsp3) is 0.513. The quantitative estimate of drug-likeness (QED) is 0.171. The maximum Gasteiger partial charge on any atom is 0.332 e. The summed E-state index contributed by atoms with van der Waals surface area (Å²) >= 11 is 0. The highest BCUT2D eigenvalue weighted by Gasteiger charge is 2.34. The summed E-state index contributed by atoms with van der Waals surface area (Å²) < 4.78 is 15.2. The van der Waals surface area contributed by atoms with Gasteiger partial charge in [-0.15, -0.1) is 0 Å². The van der Waals surface area contributed by atoms with Gasteiger partial charge in [-0.25, -0.2) is 9.78 Å². The molecular formula is C39H51N5O6. The second-order valence-electron chi connectivity index (χ2n) is 13.6. The molecule has 3 heterocycles. The predicted molar refractivity (Wildman–Crippen MR) is 194 cm³/mol. The minimum Gasteiger partial charge on any atom is -0.493 e. The normalized spacial score (nSPS) is 16.3. The summed E-state index contributed by atoms with van der Waals surface area (Å²) in [5, 5.41) is 0. The van der Waals surface area contributed by atoms with Gasteiger partial charge in [-0.1, -0.05) is 37.3 Å². The molecule has 0 bridgehead atoms. The molecule has 268 valence electrons. The van der Waals surface area contributed by atoms with Gasteiger partial charge < -0.3 is 18.8 Å². The zero-order valence-corrected chi connectivity index (χ0v) is 30.2. The number of ketones is 2. The van der Waals surface area contributed by atoms with Gasteiger partial charge in [-0.3, -0.25) is 23.6 Å². The number of hydrogen-bond acceptors (Lipinski definition) is 8. The fourth-order valence-electron chi connectivity index (χ4n) is 7.29. The van der Waals surface area contributed by atoms with Gasteiger partial charge in [0.15, 0.2) is 28.4 Å². The zero-order valence-electron chi connectivity index (χ0n) is 30.2. The SMILES string of the molecule is CCCn1cnc2c1c(=O)n(CCCCC(C)=O)c(=O)n2C.COc1cc2c(cc1OC)C(=O)C(CC1CCN(Cc3ccccc3)CC1)C2. The van der Waals surface area contributed by atoms with Gasteiger partial charge in [0.05, 0.1) is 20.5 Å².